The molecule has 1 saturated heterocycles. The maximum atomic E-state index is 12.3. The lowest BCUT2D eigenvalue weighted by Crippen LogP contribution is -2.39. The third-order valence-corrected chi connectivity index (χ3v) is 5.68. The third kappa shape index (κ3) is 5.85. The first-order valence-electron chi connectivity index (χ1n) is 8.87. The molecule has 1 aliphatic heterocycles. The molecule has 146 valence electrons. The van der Waals surface area contributed by atoms with Crippen LogP contribution in [0.2, 0.25) is 0 Å². The summed E-state index contributed by atoms with van der Waals surface area (Å²) < 4.78 is 41.0. The second-order valence-electron chi connectivity index (χ2n) is 6.65. The zero-order valence-corrected chi connectivity index (χ0v) is 16.0. The molecule has 0 saturated carbocycles. The number of aryl methyl sites for hydroxylation is 1. The molecule has 0 unspecified atom stereocenters. The summed E-state index contributed by atoms with van der Waals surface area (Å²) in [7, 11) is -3.87. The highest BCUT2D eigenvalue weighted by atomic mass is 32.2. The second kappa shape index (κ2) is 8.95. The second-order valence-corrected chi connectivity index (χ2v) is 8.27. The van der Waals surface area contributed by atoms with Crippen LogP contribution < -0.4 is 0 Å². The van der Waals surface area contributed by atoms with Crippen molar-refractivity contribution in [1.29, 1.82) is 0 Å². The molecule has 0 bridgehead atoms. The van der Waals surface area contributed by atoms with E-state index in [4.69, 9.17) is 13.7 Å². The summed E-state index contributed by atoms with van der Waals surface area (Å²) >= 11 is 0. The first kappa shape index (κ1) is 20.0. The monoisotopic (exact) mass is 392 g/mol. The Hall–Kier alpha value is -1.77. The Balaban J connectivity index is 1.54. The lowest BCUT2D eigenvalue weighted by atomic mass is 10.1. The Kier molecular flexibility index (Phi) is 6.62. The summed E-state index contributed by atoms with van der Waals surface area (Å²) in [4.78, 5) is 0.0985. The first-order valence-corrected chi connectivity index (χ1v) is 10.3. The van der Waals surface area contributed by atoms with Gasteiger partial charge in [0.25, 0.3) is 10.1 Å². The van der Waals surface area contributed by atoms with E-state index < -0.39 is 22.5 Å². The topological polar surface area (TPSA) is 82.1 Å². The fourth-order valence-corrected chi connectivity index (χ4v) is 3.85. The van der Waals surface area contributed by atoms with E-state index in [0.29, 0.717) is 19.4 Å². The summed E-state index contributed by atoms with van der Waals surface area (Å²) in [6, 6.07) is 16.2. The summed E-state index contributed by atoms with van der Waals surface area (Å²) in [5.41, 5.74) is 2.00. The summed E-state index contributed by atoms with van der Waals surface area (Å²) in [5, 5.41) is 9.92. The van der Waals surface area contributed by atoms with E-state index in [2.05, 4.69) is 0 Å². The SMILES string of the molecule is Cc1ccc(S(=O)(=O)OC[C@@H]2C[C@H](OCc3ccccc3)C[C@H](O)O2)cc1. The van der Waals surface area contributed by atoms with Gasteiger partial charge in [-0.1, -0.05) is 48.0 Å². The maximum Gasteiger partial charge on any atom is 0.297 e. The highest BCUT2D eigenvalue weighted by molar-refractivity contribution is 7.86. The van der Waals surface area contributed by atoms with Crippen LogP contribution in [-0.4, -0.2) is 38.6 Å². The average molecular weight is 392 g/mol. The van der Waals surface area contributed by atoms with Crippen molar-refractivity contribution in [2.24, 2.45) is 0 Å². The predicted molar refractivity (Wildman–Crippen MR) is 99.4 cm³/mol. The fourth-order valence-electron chi connectivity index (χ4n) is 2.92. The maximum absolute atomic E-state index is 12.3. The van der Waals surface area contributed by atoms with Crippen molar-refractivity contribution in [3.05, 3.63) is 65.7 Å². The predicted octanol–water partition coefficient (Wildman–Crippen LogP) is 2.78. The summed E-state index contributed by atoms with van der Waals surface area (Å²) in [6.45, 7) is 2.13. The van der Waals surface area contributed by atoms with Crippen molar-refractivity contribution in [2.75, 3.05) is 6.61 Å². The van der Waals surface area contributed by atoms with Gasteiger partial charge in [0.1, 0.15) is 0 Å². The summed E-state index contributed by atoms with van der Waals surface area (Å²) in [6.07, 6.45) is -1.00. The van der Waals surface area contributed by atoms with Crippen LogP contribution in [0.5, 0.6) is 0 Å². The Morgan fingerprint density at radius 1 is 1.07 bits per heavy atom. The Labute approximate surface area is 159 Å². The quantitative estimate of drug-likeness (QED) is 0.730. The van der Waals surface area contributed by atoms with Crippen molar-refractivity contribution in [3.63, 3.8) is 0 Å². The van der Waals surface area contributed by atoms with Gasteiger partial charge in [-0.15, -0.1) is 0 Å². The Bertz CT molecular complexity index is 819. The third-order valence-electron chi connectivity index (χ3n) is 4.39. The minimum Gasteiger partial charge on any atom is -0.373 e. The number of rotatable bonds is 7. The van der Waals surface area contributed by atoms with Crippen LogP contribution in [0.25, 0.3) is 0 Å². The molecule has 2 aromatic rings. The van der Waals surface area contributed by atoms with Crippen LogP contribution in [0, 0.1) is 6.92 Å². The van der Waals surface area contributed by atoms with Crippen molar-refractivity contribution < 1.29 is 27.2 Å². The Morgan fingerprint density at radius 2 is 1.78 bits per heavy atom. The average Bonchev–Trinajstić information content (AvgIpc) is 2.66. The lowest BCUT2D eigenvalue weighted by molar-refractivity contribution is -0.204. The van der Waals surface area contributed by atoms with Crippen molar-refractivity contribution >= 4 is 10.1 Å². The van der Waals surface area contributed by atoms with Gasteiger partial charge in [-0.25, -0.2) is 0 Å². The number of hydrogen-bond acceptors (Lipinski definition) is 6. The van der Waals surface area contributed by atoms with Gasteiger partial charge in [0, 0.05) is 12.8 Å². The number of aliphatic hydroxyl groups is 1. The van der Waals surface area contributed by atoms with E-state index in [9.17, 15) is 13.5 Å². The van der Waals surface area contributed by atoms with E-state index in [0.717, 1.165) is 11.1 Å². The van der Waals surface area contributed by atoms with Gasteiger partial charge >= 0.3 is 0 Å². The van der Waals surface area contributed by atoms with Crippen LogP contribution in [0.15, 0.2) is 59.5 Å². The van der Waals surface area contributed by atoms with E-state index in [1.54, 1.807) is 12.1 Å². The van der Waals surface area contributed by atoms with Gasteiger partial charge in [-0.2, -0.15) is 8.42 Å². The van der Waals surface area contributed by atoms with E-state index in [1.165, 1.54) is 12.1 Å². The molecule has 0 amide bonds. The lowest BCUT2D eigenvalue weighted by Gasteiger charge is -2.32. The number of aliphatic hydroxyl groups excluding tert-OH is 1. The molecular formula is C20H24O6S. The van der Waals surface area contributed by atoms with Crippen molar-refractivity contribution in [3.8, 4) is 0 Å². The Morgan fingerprint density at radius 3 is 2.48 bits per heavy atom. The van der Waals surface area contributed by atoms with Crippen LogP contribution in [0.3, 0.4) is 0 Å². The van der Waals surface area contributed by atoms with Crippen LogP contribution in [-0.2, 0) is 30.4 Å². The van der Waals surface area contributed by atoms with Crippen LogP contribution in [0.4, 0.5) is 0 Å². The molecule has 3 atom stereocenters. The van der Waals surface area contributed by atoms with E-state index in [1.807, 2.05) is 37.3 Å². The van der Waals surface area contributed by atoms with E-state index in [-0.39, 0.29) is 17.6 Å². The highest BCUT2D eigenvalue weighted by Gasteiger charge is 2.30. The first-order chi connectivity index (χ1) is 12.9. The van der Waals surface area contributed by atoms with Crippen LogP contribution in [0.1, 0.15) is 24.0 Å². The number of benzene rings is 2. The normalized spacial score (nSPS) is 23.3. The molecule has 1 fully saturated rings. The molecule has 1 aliphatic rings. The van der Waals surface area contributed by atoms with E-state index >= 15 is 0 Å². The molecule has 1 N–H and O–H groups in total. The minimum atomic E-state index is -3.87. The van der Waals surface area contributed by atoms with Gasteiger partial charge in [0.05, 0.1) is 30.3 Å². The van der Waals surface area contributed by atoms with Gasteiger partial charge in [-0.05, 0) is 24.6 Å². The molecule has 0 radical (unpaired) electrons. The molecule has 1 heterocycles. The summed E-state index contributed by atoms with van der Waals surface area (Å²) in [5.74, 6) is 0. The zero-order chi connectivity index (χ0) is 19.3. The minimum absolute atomic E-state index is 0.0985. The molecule has 0 aliphatic carbocycles. The number of hydrogen-bond donors (Lipinski definition) is 1. The highest BCUT2D eigenvalue weighted by Crippen LogP contribution is 2.23. The fraction of sp³-hybridized carbons (Fsp3) is 0.400. The molecule has 3 rings (SSSR count). The molecule has 0 aromatic heterocycles. The van der Waals surface area contributed by atoms with Gasteiger partial charge in [0.15, 0.2) is 6.29 Å². The molecular weight excluding hydrogens is 368 g/mol. The zero-order valence-electron chi connectivity index (χ0n) is 15.2. The molecule has 2 aromatic carbocycles. The van der Waals surface area contributed by atoms with Gasteiger partial charge < -0.3 is 14.6 Å². The smallest absolute Gasteiger partial charge is 0.297 e. The number of ether oxygens (including phenoxy) is 2. The molecule has 0 spiro atoms. The molecule has 6 nitrogen and oxygen atoms in total. The largest absolute Gasteiger partial charge is 0.373 e. The van der Waals surface area contributed by atoms with Crippen LogP contribution >= 0.6 is 0 Å². The van der Waals surface area contributed by atoms with Crippen molar-refractivity contribution in [2.45, 2.75) is 49.8 Å². The molecule has 7 heteroatoms. The van der Waals surface area contributed by atoms with Gasteiger partial charge in [0.2, 0.25) is 0 Å². The van der Waals surface area contributed by atoms with Gasteiger partial charge in [-0.3, -0.25) is 4.18 Å². The van der Waals surface area contributed by atoms with Crippen molar-refractivity contribution in [1.82, 2.24) is 0 Å². The molecule has 27 heavy (non-hydrogen) atoms. The standard InChI is InChI=1S/C20H24O6S/c1-15-7-9-19(10-8-15)27(22,23)25-14-18-11-17(12-20(21)26-18)24-13-16-5-3-2-4-6-16/h2-10,17-18,20-21H,11-14H2,1H3/t17-,18-,20+/m0/s1.